The molecule has 2 rings (SSSR count). The zero-order chi connectivity index (χ0) is 16.8. The molecule has 1 heterocycles. The number of hydrogen-bond acceptors (Lipinski definition) is 3. The van der Waals surface area contributed by atoms with Gasteiger partial charge in [-0.3, -0.25) is 4.79 Å². The molecule has 0 aromatic heterocycles. The SMILES string of the molecule is CCCCN(C)CC1CCN(C(=O)c2cc(N)ccc2C)CC1.Cl.Cl. The van der Waals surface area contributed by atoms with Crippen LogP contribution in [-0.4, -0.2) is 48.9 Å². The fraction of sp³-hybridized carbons (Fsp3) is 0.632. The summed E-state index contributed by atoms with van der Waals surface area (Å²) in [5, 5.41) is 0. The van der Waals surface area contributed by atoms with Gasteiger partial charge in [-0.2, -0.15) is 0 Å². The largest absolute Gasteiger partial charge is 0.399 e. The number of anilines is 1. The molecule has 0 unspecified atom stereocenters. The van der Waals surface area contributed by atoms with Gasteiger partial charge in [0, 0.05) is 30.9 Å². The molecule has 1 saturated heterocycles. The molecule has 25 heavy (non-hydrogen) atoms. The number of halogens is 2. The number of unbranched alkanes of at least 4 members (excludes halogenated alkanes) is 1. The molecule has 1 amide bonds. The molecule has 1 aliphatic heterocycles. The lowest BCUT2D eigenvalue weighted by atomic mass is 9.95. The summed E-state index contributed by atoms with van der Waals surface area (Å²) in [5.74, 6) is 0.843. The fourth-order valence-corrected chi connectivity index (χ4v) is 3.32. The van der Waals surface area contributed by atoms with Crippen LogP contribution >= 0.6 is 24.8 Å². The summed E-state index contributed by atoms with van der Waals surface area (Å²) in [4.78, 5) is 17.1. The van der Waals surface area contributed by atoms with Gasteiger partial charge in [0.2, 0.25) is 0 Å². The van der Waals surface area contributed by atoms with E-state index in [-0.39, 0.29) is 30.7 Å². The van der Waals surface area contributed by atoms with Gasteiger partial charge in [-0.15, -0.1) is 24.8 Å². The average molecular weight is 390 g/mol. The Kier molecular flexibility index (Phi) is 11.2. The highest BCUT2D eigenvalue weighted by Gasteiger charge is 2.25. The van der Waals surface area contributed by atoms with E-state index in [0.717, 1.165) is 43.6 Å². The predicted molar refractivity (Wildman–Crippen MR) is 111 cm³/mol. The lowest BCUT2D eigenvalue weighted by Gasteiger charge is -2.34. The van der Waals surface area contributed by atoms with E-state index in [2.05, 4.69) is 18.9 Å². The number of amides is 1. The number of carbonyl (C=O) groups is 1. The van der Waals surface area contributed by atoms with Crippen molar-refractivity contribution in [3.63, 3.8) is 0 Å². The van der Waals surface area contributed by atoms with Crippen molar-refractivity contribution in [1.29, 1.82) is 0 Å². The Morgan fingerprint density at radius 1 is 1.28 bits per heavy atom. The maximum absolute atomic E-state index is 12.7. The third kappa shape index (κ3) is 7.04. The van der Waals surface area contributed by atoms with E-state index < -0.39 is 0 Å². The molecule has 2 N–H and O–H groups in total. The summed E-state index contributed by atoms with van der Waals surface area (Å²) in [6.45, 7) is 8.26. The molecule has 0 atom stereocenters. The summed E-state index contributed by atoms with van der Waals surface area (Å²) in [6, 6.07) is 5.59. The maximum Gasteiger partial charge on any atom is 0.254 e. The van der Waals surface area contributed by atoms with Gasteiger partial charge in [-0.05, 0) is 63.4 Å². The Hall–Kier alpha value is -0.970. The summed E-state index contributed by atoms with van der Waals surface area (Å²) >= 11 is 0. The van der Waals surface area contributed by atoms with E-state index in [9.17, 15) is 4.79 Å². The van der Waals surface area contributed by atoms with Gasteiger partial charge in [0.05, 0.1) is 0 Å². The van der Waals surface area contributed by atoms with Crippen molar-refractivity contribution in [2.75, 3.05) is 39.0 Å². The summed E-state index contributed by atoms with van der Waals surface area (Å²) in [6.07, 6.45) is 4.71. The van der Waals surface area contributed by atoms with Crippen molar-refractivity contribution in [2.24, 2.45) is 5.92 Å². The van der Waals surface area contributed by atoms with Crippen LogP contribution in [0.5, 0.6) is 0 Å². The van der Waals surface area contributed by atoms with E-state index >= 15 is 0 Å². The fourth-order valence-electron chi connectivity index (χ4n) is 3.32. The third-order valence-corrected chi connectivity index (χ3v) is 4.86. The Balaban J connectivity index is 0.00000288. The number of benzene rings is 1. The number of aryl methyl sites for hydroxylation is 1. The van der Waals surface area contributed by atoms with Crippen LogP contribution in [-0.2, 0) is 0 Å². The maximum atomic E-state index is 12.7. The molecule has 4 nitrogen and oxygen atoms in total. The topological polar surface area (TPSA) is 49.6 Å². The second kappa shape index (κ2) is 11.6. The van der Waals surface area contributed by atoms with Crippen molar-refractivity contribution in [3.8, 4) is 0 Å². The molecule has 0 spiro atoms. The molecule has 0 saturated carbocycles. The first-order valence-corrected chi connectivity index (χ1v) is 8.85. The molecular weight excluding hydrogens is 357 g/mol. The predicted octanol–water partition coefficient (Wildman–Crippen LogP) is 4.00. The van der Waals surface area contributed by atoms with Gasteiger partial charge in [-0.1, -0.05) is 19.4 Å². The lowest BCUT2D eigenvalue weighted by molar-refractivity contribution is 0.0672. The second-order valence-corrected chi connectivity index (χ2v) is 6.93. The summed E-state index contributed by atoms with van der Waals surface area (Å²) in [5.41, 5.74) is 8.25. The quantitative estimate of drug-likeness (QED) is 0.747. The van der Waals surface area contributed by atoms with Crippen molar-refractivity contribution >= 4 is 36.4 Å². The van der Waals surface area contributed by atoms with Crippen molar-refractivity contribution < 1.29 is 4.79 Å². The highest BCUT2D eigenvalue weighted by atomic mass is 35.5. The first-order valence-electron chi connectivity index (χ1n) is 8.85. The Morgan fingerprint density at radius 2 is 1.92 bits per heavy atom. The van der Waals surface area contributed by atoms with Crippen LogP contribution in [0.25, 0.3) is 0 Å². The second-order valence-electron chi connectivity index (χ2n) is 6.93. The van der Waals surface area contributed by atoms with E-state index in [1.165, 1.54) is 19.4 Å². The number of hydrogen-bond donors (Lipinski definition) is 1. The monoisotopic (exact) mass is 389 g/mol. The highest BCUT2D eigenvalue weighted by Crippen LogP contribution is 2.22. The van der Waals surface area contributed by atoms with E-state index in [1.807, 2.05) is 30.0 Å². The lowest BCUT2D eigenvalue weighted by Crippen LogP contribution is -2.41. The Morgan fingerprint density at radius 3 is 2.52 bits per heavy atom. The zero-order valence-corrected chi connectivity index (χ0v) is 17.3. The number of rotatable bonds is 6. The van der Waals surface area contributed by atoms with Crippen LogP contribution in [0.15, 0.2) is 18.2 Å². The Bertz CT molecular complexity index is 531. The normalized spacial score (nSPS) is 14.8. The third-order valence-electron chi connectivity index (χ3n) is 4.86. The van der Waals surface area contributed by atoms with E-state index in [1.54, 1.807) is 0 Å². The van der Waals surface area contributed by atoms with Crippen molar-refractivity contribution in [2.45, 2.75) is 39.5 Å². The van der Waals surface area contributed by atoms with E-state index in [4.69, 9.17) is 5.73 Å². The minimum absolute atomic E-state index is 0. The number of piperidine rings is 1. The molecule has 0 bridgehead atoms. The highest BCUT2D eigenvalue weighted by molar-refractivity contribution is 5.96. The minimum atomic E-state index is 0. The van der Waals surface area contributed by atoms with Gasteiger partial charge in [0.25, 0.3) is 5.91 Å². The molecule has 1 fully saturated rings. The smallest absolute Gasteiger partial charge is 0.254 e. The number of carbonyl (C=O) groups excluding carboxylic acids is 1. The molecule has 1 aromatic carbocycles. The number of nitrogens with zero attached hydrogens (tertiary/aromatic N) is 2. The van der Waals surface area contributed by atoms with Crippen LogP contribution in [0, 0.1) is 12.8 Å². The van der Waals surface area contributed by atoms with Gasteiger partial charge in [0.1, 0.15) is 0 Å². The molecular formula is C19H33Cl2N3O. The van der Waals surface area contributed by atoms with Gasteiger partial charge in [-0.25, -0.2) is 0 Å². The standard InChI is InChI=1S/C19H31N3O.2ClH/c1-4-5-10-21(3)14-16-8-11-22(12-9-16)19(23)18-13-17(20)7-6-15(18)2;;/h6-7,13,16H,4-5,8-12,14,20H2,1-3H3;2*1H. The van der Waals surface area contributed by atoms with Crippen LogP contribution < -0.4 is 5.73 Å². The van der Waals surface area contributed by atoms with Gasteiger partial charge in [0.15, 0.2) is 0 Å². The van der Waals surface area contributed by atoms with Crippen LogP contribution in [0.3, 0.4) is 0 Å². The van der Waals surface area contributed by atoms with Crippen LogP contribution in [0.2, 0.25) is 0 Å². The Labute approximate surface area is 164 Å². The first kappa shape index (κ1) is 24.0. The number of nitrogens with two attached hydrogens (primary N) is 1. The number of likely N-dealkylation sites (tertiary alicyclic amines) is 1. The molecule has 144 valence electrons. The van der Waals surface area contributed by atoms with Gasteiger partial charge >= 0.3 is 0 Å². The molecule has 1 aromatic rings. The average Bonchev–Trinajstić information content (AvgIpc) is 2.55. The summed E-state index contributed by atoms with van der Waals surface area (Å²) in [7, 11) is 2.21. The van der Waals surface area contributed by atoms with Crippen LogP contribution in [0.4, 0.5) is 5.69 Å². The molecule has 6 heteroatoms. The molecule has 0 radical (unpaired) electrons. The number of nitrogen functional groups attached to an aromatic ring is 1. The van der Waals surface area contributed by atoms with Crippen molar-refractivity contribution in [1.82, 2.24) is 9.80 Å². The molecule has 1 aliphatic rings. The van der Waals surface area contributed by atoms with Gasteiger partial charge < -0.3 is 15.5 Å². The minimum Gasteiger partial charge on any atom is -0.399 e. The first-order chi connectivity index (χ1) is 11.0. The molecule has 0 aliphatic carbocycles. The summed E-state index contributed by atoms with van der Waals surface area (Å²) < 4.78 is 0. The van der Waals surface area contributed by atoms with E-state index in [0.29, 0.717) is 11.6 Å². The van der Waals surface area contributed by atoms with Crippen LogP contribution in [0.1, 0.15) is 48.5 Å². The zero-order valence-electron chi connectivity index (χ0n) is 15.7. The van der Waals surface area contributed by atoms with Crippen molar-refractivity contribution in [3.05, 3.63) is 29.3 Å².